The van der Waals surface area contributed by atoms with Gasteiger partial charge in [-0.05, 0) is 6.42 Å². The zero-order chi connectivity index (χ0) is 12.0. The summed E-state index contributed by atoms with van der Waals surface area (Å²) in [5.41, 5.74) is -0.849. The highest BCUT2D eigenvalue weighted by atomic mass is 19.4. The van der Waals surface area contributed by atoms with E-state index < -0.39 is 23.9 Å². The largest absolute Gasteiger partial charge is 0.490 e. The Morgan fingerprint density at radius 3 is 2.56 bits per heavy atom. The smallest absolute Gasteiger partial charge is 0.437 e. The summed E-state index contributed by atoms with van der Waals surface area (Å²) < 4.78 is 40.0. The first-order valence-corrected chi connectivity index (χ1v) is 4.66. The lowest BCUT2D eigenvalue weighted by Gasteiger charge is -2.46. The minimum absolute atomic E-state index is 0.238. The molecule has 0 aliphatic carbocycles. The number of esters is 1. The van der Waals surface area contributed by atoms with Gasteiger partial charge in [0, 0.05) is 13.0 Å². The van der Waals surface area contributed by atoms with Crippen LogP contribution >= 0.6 is 0 Å². The van der Waals surface area contributed by atoms with Crippen molar-refractivity contribution in [1.29, 1.82) is 0 Å². The Morgan fingerprint density at radius 1 is 1.50 bits per heavy atom. The first-order valence-electron chi connectivity index (χ1n) is 4.66. The van der Waals surface area contributed by atoms with Crippen LogP contribution in [0.15, 0.2) is 0 Å². The average molecular weight is 238 g/mol. The maximum Gasteiger partial charge on any atom is 0.490 e. The molecule has 2 aliphatic heterocycles. The van der Waals surface area contributed by atoms with E-state index in [2.05, 4.69) is 15.4 Å². The molecule has 90 valence electrons. The van der Waals surface area contributed by atoms with Crippen LogP contribution in [0.5, 0.6) is 0 Å². The maximum atomic E-state index is 11.9. The molecule has 2 saturated heterocycles. The highest BCUT2D eigenvalue weighted by Gasteiger charge is 2.55. The molecular formula is C8H9F3N2O3. The second kappa shape index (κ2) is 3.34. The van der Waals surface area contributed by atoms with Gasteiger partial charge in [-0.2, -0.15) is 13.2 Å². The Hall–Kier alpha value is -1.31. The molecule has 16 heavy (non-hydrogen) atoms. The van der Waals surface area contributed by atoms with E-state index in [4.69, 9.17) is 0 Å². The van der Waals surface area contributed by atoms with Crippen LogP contribution in [-0.2, 0) is 14.3 Å². The summed E-state index contributed by atoms with van der Waals surface area (Å²) in [6, 6.07) is 0. The molecule has 2 heterocycles. The van der Waals surface area contributed by atoms with Crippen molar-refractivity contribution < 1.29 is 27.5 Å². The fraction of sp³-hybridized carbons (Fsp3) is 0.750. The fourth-order valence-corrected chi connectivity index (χ4v) is 1.83. The van der Waals surface area contributed by atoms with E-state index in [1.807, 2.05) is 0 Å². The van der Waals surface area contributed by atoms with E-state index in [1.165, 1.54) is 0 Å². The molecule has 0 radical (unpaired) electrons. The maximum absolute atomic E-state index is 11.9. The van der Waals surface area contributed by atoms with Crippen molar-refractivity contribution in [3.63, 3.8) is 0 Å². The van der Waals surface area contributed by atoms with Crippen LogP contribution in [0.4, 0.5) is 13.2 Å². The van der Waals surface area contributed by atoms with Crippen molar-refractivity contribution in [3.8, 4) is 0 Å². The second-order valence-electron chi connectivity index (χ2n) is 3.87. The molecule has 0 aromatic rings. The van der Waals surface area contributed by atoms with Gasteiger partial charge in [0.2, 0.25) is 5.91 Å². The third-order valence-electron chi connectivity index (χ3n) is 2.75. The monoisotopic (exact) mass is 238 g/mol. The lowest BCUT2D eigenvalue weighted by molar-refractivity contribution is -0.216. The van der Waals surface area contributed by atoms with Crippen molar-refractivity contribution in [1.82, 2.24) is 10.6 Å². The minimum atomic E-state index is -5.01. The highest BCUT2D eigenvalue weighted by Crippen LogP contribution is 2.32. The number of carbonyl (C=O) groups excluding carboxylic acids is 2. The van der Waals surface area contributed by atoms with Gasteiger partial charge in [-0.15, -0.1) is 0 Å². The molecule has 2 unspecified atom stereocenters. The number of alkyl halides is 3. The van der Waals surface area contributed by atoms with Crippen LogP contribution < -0.4 is 10.6 Å². The molecule has 1 amide bonds. The van der Waals surface area contributed by atoms with E-state index in [0.29, 0.717) is 13.0 Å². The third-order valence-corrected chi connectivity index (χ3v) is 2.75. The summed E-state index contributed by atoms with van der Waals surface area (Å²) in [6.07, 6.45) is -5.50. The second-order valence-corrected chi connectivity index (χ2v) is 3.87. The molecule has 2 N–H and O–H groups in total. The molecular weight excluding hydrogens is 229 g/mol. The van der Waals surface area contributed by atoms with Gasteiger partial charge in [0.25, 0.3) is 0 Å². The first kappa shape index (κ1) is 11.2. The van der Waals surface area contributed by atoms with E-state index in [1.54, 1.807) is 0 Å². The Morgan fingerprint density at radius 2 is 2.19 bits per heavy atom. The molecule has 0 saturated carbocycles. The van der Waals surface area contributed by atoms with Gasteiger partial charge in [-0.3, -0.25) is 10.1 Å². The van der Waals surface area contributed by atoms with Crippen molar-refractivity contribution in [2.75, 3.05) is 6.54 Å². The summed E-state index contributed by atoms with van der Waals surface area (Å²) in [5, 5.41) is 5.07. The SMILES string of the molecule is O=C1CCC2(CNC2OC(=O)C(F)(F)F)N1. The zero-order valence-corrected chi connectivity index (χ0v) is 8.06. The summed E-state index contributed by atoms with van der Waals surface area (Å²) in [4.78, 5) is 21.6. The summed E-state index contributed by atoms with van der Waals surface area (Å²) >= 11 is 0. The van der Waals surface area contributed by atoms with Crippen LogP contribution in [-0.4, -0.2) is 36.4 Å². The average Bonchev–Trinajstić information content (AvgIpc) is 2.55. The number of nitrogens with one attached hydrogen (secondary N) is 2. The number of hydrogen-bond acceptors (Lipinski definition) is 4. The first-order chi connectivity index (χ1) is 7.33. The van der Waals surface area contributed by atoms with Crippen molar-refractivity contribution in [2.45, 2.75) is 30.8 Å². The standard InChI is InChI=1S/C8H9F3N2O3/c9-8(10,11)6(15)16-5-7(3-12-5)2-1-4(14)13-7/h5,12H,1-3H2,(H,13,14). The van der Waals surface area contributed by atoms with E-state index in [0.717, 1.165) is 0 Å². The Labute approximate surface area is 88.3 Å². The third kappa shape index (κ3) is 1.73. The highest BCUT2D eigenvalue weighted by molar-refractivity contribution is 5.80. The number of halogens is 3. The molecule has 0 bridgehead atoms. The zero-order valence-electron chi connectivity index (χ0n) is 8.06. The van der Waals surface area contributed by atoms with Gasteiger partial charge >= 0.3 is 12.1 Å². The van der Waals surface area contributed by atoms with E-state index in [-0.39, 0.29) is 12.3 Å². The number of hydrogen-bond donors (Lipinski definition) is 2. The number of amides is 1. The number of ether oxygens (including phenoxy) is 1. The lowest BCUT2D eigenvalue weighted by atomic mass is 9.88. The normalized spacial score (nSPS) is 33.4. The predicted molar refractivity (Wildman–Crippen MR) is 44.0 cm³/mol. The Bertz CT molecular complexity index is 344. The van der Waals surface area contributed by atoms with E-state index in [9.17, 15) is 22.8 Å². The topological polar surface area (TPSA) is 67.4 Å². The van der Waals surface area contributed by atoms with Crippen molar-refractivity contribution in [2.24, 2.45) is 0 Å². The number of carbonyl (C=O) groups is 2. The molecule has 0 aromatic carbocycles. The summed E-state index contributed by atoms with van der Waals surface area (Å²) in [6.45, 7) is 0.314. The molecule has 2 atom stereocenters. The van der Waals surface area contributed by atoms with Gasteiger partial charge in [-0.1, -0.05) is 0 Å². The predicted octanol–water partition coefficient (Wildman–Crippen LogP) is -0.330. The molecule has 8 heteroatoms. The van der Waals surface area contributed by atoms with Gasteiger partial charge < -0.3 is 10.1 Å². The van der Waals surface area contributed by atoms with E-state index >= 15 is 0 Å². The van der Waals surface area contributed by atoms with Gasteiger partial charge in [0.05, 0.1) is 0 Å². The van der Waals surface area contributed by atoms with Crippen LogP contribution in [0.3, 0.4) is 0 Å². The van der Waals surface area contributed by atoms with Crippen molar-refractivity contribution >= 4 is 11.9 Å². The van der Waals surface area contributed by atoms with Crippen LogP contribution in [0.2, 0.25) is 0 Å². The van der Waals surface area contributed by atoms with Gasteiger partial charge in [0.1, 0.15) is 5.54 Å². The molecule has 2 aliphatic rings. The molecule has 2 fully saturated rings. The van der Waals surface area contributed by atoms with Crippen LogP contribution in [0.1, 0.15) is 12.8 Å². The van der Waals surface area contributed by atoms with Crippen LogP contribution in [0.25, 0.3) is 0 Å². The van der Waals surface area contributed by atoms with Gasteiger partial charge in [-0.25, -0.2) is 4.79 Å². The minimum Gasteiger partial charge on any atom is -0.437 e. The fourth-order valence-electron chi connectivity index (χ4n) is 1.83. The van der Waals surface area contributed by atoms with Crippen LogP contribution in [0, 0.1) is 0 Å². The van der Waals surface area contributed by atoms with Gasteiger partial charge in [0.15, 0.2) is 6.23 Å². The van der Waals surface area contributed by atoms with Crippen molar-refractivity contribution in [3.05, 3.63) is 0 Å². The molecule has 5 nitrogen and oxygen atoms in total. The Balaban J connectivity index is 1.97. The summed E-state index contributed by atoms with van der Waals surface area (Å²) in [7, 11) is 0. The lowest BCUT2D eigenvalue weighted by Crippen LogP contribution is -2.74. The molecule has 2 rings (SSSR count). The quantitative estimate of drug-likeness (QED) is 0.614. The molecule has 0 aromatic heterocycles. The number of rotatable bonds is 1. The summed E-state index contributed by atoms with van der Waals surface area (Å²) in [5.74, 6) is -2.49. The Kier molecular flexibility index (Phi) is 2.33. The molecule has 1 spiro atoms.